The van der Waals surface area contributed by atoms with E-state index in [1.165, 1.54) is 0 Å². The molecule has 2 amide bonds. The third-order valence-electron chi connectivity index (χ3n) is 9.85. The number of carbonyl (C=O) groups excluding carboxylic acids is 2. The van der Waals surface area contributed by atoms with Crippen molar-refractivity contribution < 1.29 is 29.3 Å². The fraction of sp³-hybridized carbons (Fsp3) is 0.409. The van der Waals surface area contributed by atoms with E-state index in [0.29, 0.717) is 12.8 Å². The number of ether oxygens (including phenoxy) is 2. The molecule has 0 fully saturated rings. The molecule has 0 aliphatic heterocycles. The van der Waals surface area contributed by atoms with Crippen LogP contribution in [0.4, 0.5) is 0 Å². The van der Waals surface area contributed by atoms with Crippen molar-refractivity contribution in [2.24, 2.45) is 11.8 Å². The molecule has 6 rings (SSSR count). The molecule has 0 spiro atoms. The van der Waals surface area contributed by atoms with Gasteiger partial charge in [0.1, 0.15) is 12.2 Å². The van der Waals surface area contributed by atoms with E-state index in [1.807, 2.05) is 151 Å². The Labute approximate surface area is 309 Å². The van der Waals surface area contributed by atoms with Gasteiger partial charge in [-0.1, -0.05) is 151 Å². The predicted octanol–water partition coefficient (Wildman–Crippen LogP) is 7.03. The summed E-state index contributed by atoms with van der Waals surface area (Å²) in [5, 5.41) is 28.0. The number of benzene rings is 4. The summed E-state index contributed by atoms with van der Waals surface area (Å²) in [5.74, 6) is -1.72. The molecular weight excluding hydrogens is 652 g/mol. The average molecular weight is 709 g/mol. The van der Waals surface area contributed by atoms with E-state index >= 15 is 0 Å². The lowest BCUT2D eigenvalue weighted by Gasteiger charge is -2.34. The minimum atomic E-state index is -0.964. The molecule has 8 unspecified atom stereocenters. The van der Waals surface area contributed by atoms with Gasteiger partial charge in [0, 0.05) is 12.8 Å². The quantitative estimate of drug-likeness (QED) is 0.119. The van der Waals surface area contributed by atoms with E-state index in [2.05, 4.69) is 10.6 Å². The van der Waals surface area contributed by atoms with Crippen LogP contribution in [0.1, 0.15) is 87.0 Å². The van der Waals surface area contributed by atoms with Gasteiger partial charge >= 0.3 is 0 Å². The number of amides is 2. The Morgan fingerprint density at radius 1 is 0.577 bits per heavy atom. The molecule has 2 aliphatic carbocycles. The zero-order valence-electron chi connectivity index (χ0n) is 31.4. The Hall–Kier alpha value is -4.34. The molecule has 4 aromatic rings. The van der Waals surface area contributed by atoms with Crippen LogP contribution in [0.3, 0.4) is 0 Å². The minimum absolute atomic E-state index is 0.187. The molecule has 8 nitrogen and oxygen atoms in total. The molecule has 0 saturated heterocycles. The summed E-state index contributed by atoms with van der Waals surface area (Å²) in [6, 6.07) is 33.5. The number of fused-ring (bicyclic) bond motifs is 2. The first-order chi connectivity index (χ1) is 25.3. The fourth-order valence-electron chi connectivity index (χ4n) is 6.97. The normalized spacial score (nSPS) is 20.7. The van der Waals surface area contributed by atoms with Crippen LogP contribution in [0.2, 0.25) is 0 Å². The van der Waals surface area contributed by atoms with Gasteiger partial charge in [0.15, 0.2) is 0 Å². The summed E-state index contributed by atoms with van der Waals surface area (Å²) in [5.41, 5.74) is 5.59. The number of aliphatic hydroxyl groups excluding tert-OH is 2. The molecule has 4 aromatic carbocycles. The second kappa shape index (κ2) is 20.0. The topological polar surface area (TPSA) is 117 Å². The van der Waals surface area contributed by atoms with Gasteiger partial charge in [-0.2, -0.15) is 0 Å². The summed E-state index contributed by atoms with van der Waals surface area (Å²) < 4.78 is 12.8. The molecule has 52 heavy (non-hydrogen) atoms. The zero-order valence-corrected chi connectivity index (χ0v) is 31.4. The Balaban J connectivity index is 0.00000146. The standard InChI is InChI=1S/C40H44N2O6.2C2H6/c1-25(37(47-23-27-13-5-3-6-14-27)39(45)41-35-31-19-11-9-17-29(31)21-33(35)43)26(2)38(48-24-28-15-7-4-8-16-28)40(46)42-36-32-20-12-10-18-30(32)22-34(36)44;2*1-2/h3-20,25-26,33-38,43-44H,21-24H2,1-2H3,(H,41,45)(H,42,46);2*1-2H3. The average Bonchev–Trinajstić information content (AvgIpc) is 3.67. The largest absolute Gasteiger partial charge is 0.390 e. The van der Waals surface area contributed by atoms with Crippen LogP contribution in [0, 0.1) is 11.8 Å². The van der Waals surface area contributed by atoms with Crippen molar-refractivity contribution >= 4 is 11.8 Å². The second-order valence-electron chi connectivity index (χ2n) is 13.1. The summed E-state index contributed by atoms with van der Waals surface area (Å²) >= 11 is 0. The first-order valence-corrected chi connectivity index (χ1v) is 18.7. The summed E-state index contributed by atoms with van der Waals surface area (Å²) in [6.07, 6.45) is -2.55. The Morgan fingerprint density at radius 2 is 0.904 bits per heavy atom. The first-order valence-electron chi connectivity index (χ1n) is 18.7. The molecule has 4 N–H and O–H groups in total. The number of nitrogens with one attached hydrogen (secondary N) is 2. The molecule has 2 aliphatic rings. The molecule has 8 heteroatoms. The lowest BCUT2D eigenvalue weighted by atomic mass is 9.84. The highest BCUT2D eigenvalue weighted by Crippen LogP contribution is 2.34. The van der Waals surface area contributed by atoms with E-state index in [-0.39, 0.29) is 25.0 Å². The maximum absolute atomic E-state index is 14.1. The van der Waals surface area contributed by atoms with Gasteiger partial charge in [-0.15, -0.1) is 0 Å². The van der Waals surface area contributed by atoms with E-state index < -0.39 is 48.3 Å². The summed E-state index contributed by atoms with van der Waals surface area (Å²) in [6.45, 7) is 12.2. The van der Waals surface area contributed by atoms with E-state index in [0.717, 1.165) is 33.4 Å². The SMILES string of the molecule is CC.CC.CC(C(OCc1ccccc1)C(=O)NC1c2ccccc2CC1O)C(C)C(OCc1ccccc1)C(=O)NC1c2ccccc2CC1O. The van der Waals surface area contributed by atoms with Crippen molar-refractivity contribution in [1.82, 2.24) is 10.6 Å². The van der Waals surface area contributed by atoms with Crippen molar-refractivity contribution in [1.29, 1.82) is 0 Å². The van der Waals surface area contributed by atoms with Crippen molar-refractivity contribution in [3.05, 3.63) is 143 Å². The van der Waals surface area contributed by atoms with Gasteiger partial charge in [-0.05, 0) is 45.2 Å². The zero-order chi connectivity index (χ0) is 37.6. The van der Waals surface area contributed by atoms with Gasteiger partial charge in [-0.3, -0.25) is 9.59 Å². The molecule has 0 bridgehead atoms. The van der Waals surface area contributed by atoms with E-state index in [1.54, 1.807) is 0 Å². The molecule has 0 radical (unpaired) electrons. The monoisotopic (exact) mass is 708 g/mol. The predicted molar refractivity (Wildman–Crippen MR) is 205 cm³/mol. The van der Waals surface area contributed by atoms with Crippen LogP contribution in [0.15, 0.2) is 109 Å². The van der Waals surface area contributed by atoms with Gasteiger partial charge in [-0.25, -0.2) is 0 Å². The minimum Gasteiger partial charge on any atom is -0.390 e. The van der Waals surface area contributed by atoms with Crippen molar-refractivity contribution in [2.75, 3.05) is 0 Å². The molecule has 8 atom stereocenters. The number of rotatable bonds is 13. The van der Waals surface area contributed by atoms with Gasteiger partial charge in [0.2, 0.25) is 11.8 Å². The van der Waals surface area contributed by atoms with Gasteiger partial charge < -0.3 is 30.3 Å². The van der Waals surface area contributed by atoms with Crippen molar-refractivity contribution in [2.45, 2.75) is 104 Å². The van der Waals surface area contributed by atoms with Crippen LogP contribution in [0.5, 0.6) is 0 Å². The van der Waals surface area contributed by atoms with Crippen LogP contribution in [0.25, 0.3) is 0 Å². The maximum atomic E-state index is 14.1. The van der Waals surface area contributed by atoms with E-state index in [4.69, 9.17) is 9.47 Å². The Kier molecular flexibility index (Phi) is 15.6. The Bertz CT molecular complexity index is 1560. The molecule has 0 saturated carbocycles. The van der Waals surface area contributed by atoms with Crippen LogP contribution >= 0.6 is 0 Å². The van der Waals surface area contributed by atoms with Crippen LogP contribution in [-0.4, -0.2) is 46.4 Å². The highest BCUT2D eigenvalue weighted by atomic mass is 16.5. The number of hydrogen-bond acceptors (Lipinski definition) is 6. The second-order valence-corrected chi connectivity index (χ2v) is 13.1. The molecule has 0 aromatic heterocycles. The molecular formula is C44H56N2O6. The highest BCUT2D eigenvalue weighted by molar-refractivity contribution is 5.83. The number of hydrogen-bond donors (Lipinski definition) is 4. The van der Waals surface area contributed by atoms with Gasteiger partial charge in [0.05, 0.1) is 37.5 Å². The summed E-state index contributed by atoms with van der Waals surface area (Å²) in [4.78, 5) is 28.3. The van der Waals surface area contributed by atoms with E-state index in [9.17, 15) is 19.8 Å². The lowest BCUT2D eigenvalue weighted by Crippen LogP contribution is -2.50. The van der Waals surface area contributed by atoms with Crippen molar-refractivity contribution in [3.63, 3.8) is 0 Å². The molecule has 0 heterocycles. The smallest absolute Gasteiger partial charge is 0.250 e. The first kappa shape index (κ1) is 40.4. The maximum Gasteiger partial charge on any atom is 0.250 e. The van der Waals surface area contributed by atoms with Crippen LogP contribution < -0.4 is 10.6 Å². The number of aliphatic hydroxyl groups is 2. The molecule has 278 valence electrons. The lowest BCUT2D eigenvalue weighted by molar-refractivity contribution is -0.149. The highest BCUT2D eigenvalue weighted by Gasteiger charge is 2.41. The number of carbonyl (C=O) groups is 2. The summed E-state index contributed by atoms with van der Waals surface area (Å²) in [7, 11) is 0. The third-order valence-corrected chi connectivity index (χ3v) is 9.85. The van der Waals surface area contributed by atoms with Crippen LogP contribution in [-0.2, 0) is 45.1 Å². The third kappa shape index (κ3) is 9.95. The fourth-order valence-corrected chi connectivity index (χ4v) is 6.97. The Morgan fingerprint density at radius 3 is 1.27 bits per heavy atom. The van der Waals surface area contributed by atoms with Gasteiger partial charge in [0.25, 0.3) is 0 Å². The van der Waals surface area contributed by atoms with Crippen molar-refractivity contribution in [3.8, 4) is 0 Å².